The molecule has 3 nitrogen and oxygen atoms in total. The lowest BCUT2D eigenvalue weighted by molar-refractivity contribution is -0.143. The molecule has 1 aromatic rings. The van der Waals surface area contributed by atoms with Crippen LogP contribution in [0, 0.1) is 15.4 Å². The number of esters is 1. The fourth-order valence-electron chi connectivity index (χ4n) is 3.42. The summed E-state index contributed by atoms with van der Waals surface area (Å²) in [6, 6.07) is 6.20. The van der Waals surface area contributed by atoms with Crippen molar-refractivity contribution in [1.82, 2.24) is 0 Å². The molecule has 0 radical (unpaired) electrons. The highest BCUT2D eigenvalue weighted by Gasteiger charge is 2.68. The van der Waals surface area contributed by atoms with Crippen LogP contribution in [-0.4, -0.2) is 19.7 Å². The van der Waals surface area contributed by atoms with Crippen LogP contribution in [0.4, 0.5) is 0 Å². The summed E-state index contributed by atoms with van der Waals surface area (Å²) in [5, 5.41) is 0. The van der Waals surface area contributed by atoms with Gasteiger partial charge in [-0.2, -0.15) is 0 Å². The Balaban J connectivity index is 2.07. The van der Waals surface area contributed by atoms with Gasteiger partial charge in [-0.3, -0.25) is 4.79 Å². The molecule has 96 valence electrons. The Bertz CT molecular complexity index is 514. The molecule has 0 N–H and O–H groups in total. The van der Waals surface area contributed by atoms with E-state index in [0.29, 0.717) is 12.5 Å². The third kappa shape index (κ3) is 1.51. The second-order valence-corrected chi connectivity index (χ2v) is 6.31. The minimum atomic E-state index is -0.0887. The third-order valence-corrected chi connectivity index (χ3v) is 5.10. The molecule has 2 aliphatic rings. The normalized spacial score (nSPS) is 32.6. The first kappa shape index (κ1) is 12.3. The first-order chi connectivity index (χ1) is 8.61. The van der Waals surface area contributed by atoms with Crippen LogP contribution in [0.1, 0.15) is 18.9 Å². The molecule has 1 aliphatic heterocycles. The summed E-state index contributed by atoms with van der Waals surface area (Å²) in [6.07, 6.45) is 0.904. The second-order valence-electron chi connectivity index (χ2n) is 5.07. The molecule has 0 amide bonds. The van der Waals surface area contributed by atoms with Crippen LogP contribution < -0.4 is 4.74 Å². The van der Waals surface area contributed by atoms with E-state index in [2.05, 4.69) is 35.6 Å². The van der Waals surface area contributed by atoms with Crippen LogP contribution in [0.3, 0.4) is 0 Å². The van der Waals surface area contributed by atoms with Crippen molar-refractivity contribution < 1.29 is 14.3 Å². The number of fused-ring (bicyclic) bond motifs is 2. The average molecular weight is 358 g/mol. The van der Waals surface area contributed by atoms with Crippen LogP contribution >= 0.6 is 22.6 Å². The van der Waals surface area contributed by atoms with E-state index in [1.54, 1.807) is 0 Å². The van der Waals surface area contributed by atoms with Crippen molar-refractivity contribution in [2.75, 3.05) is 13.7 Å². The van der Waals surface area contributed by atoms with Crippen molar-refractivity contribution in [3.05, 3.63) is 27.3 Å². The molecule has 0 bridgehead atoms. The number of benzene rings is 1. The molecule has 1 aromatic carbocycles. The van der Waals surface area contributed by atoms with Crippen molar-refractivity contribution in [2.24, 2.45) is 11.8 Å². The van der Waals surface area contributed by atoms with Gasteiger partial charge in [0, 0.05) is 14.5 Å². The number of halogens is 1. The zero-order valence-electron chi connectivity index (χ0n) is 10.4. The number of carbonyl (C=O) groups excluding carboxylic acids is 1. The zero-order chi connectivity index (χ0) is 12.9. The van der Waals surface area contributed by atoms with Crippen LogP contribution in [0.5, 0.6) is 5.75 Å². The number of rotatable bonds is 1. The van der Waals surface area contributed by atoms with Crippen molar-refractivity contribution >= 4 is 28.6 Å². The summed E-state index contributed by atoms with van der Waals surface area (Å²) in [7, 11) is 1.47. The number of hydrogen-bond donors (Lipinski definition) is 0. The van der Waals surface area contributed by atoms with Crippen molar-refractivity contribution in [1.29, 1.82) is 0 Å². The summed E-state index contributed by atoms with van der Waals surface area (Å²) >= 11 is 2.30. The van der Waals surface area contributed by atoms with E-state index in [1.165, 1.54) is 16.2 Å². The molecule has 1 aliphatic carbocycles. The van der Waals surface area contributed by atoms with Gasteiger partial charge in [0.2, 0.25) is 0 Å². The van der Waals surface area contributed by atoms with Gasteiger partial charge in [0.15, 0.2) is 0 Å². The number of methoxy groups -OCH3 is 1. The minimum absolute atomic E-state index is 0.0108. The fourth-order valence-corrected chi connectivity index (χ4v) is 3.91. The lowest BCUT2D eigenvalue weighted by Crippen LogP contribution is -2.25. The molecule has 0 aromatic heterocycles. The Kier molecular flexibility index (Phi) is 2.80. The predicted molar refractivity (Wildman–Crippen MR) is 75.6 cm³/mol. The molecule has 1 saturated carbocycles. The molecule has 4 heteroatoms. The maximum absolute atomic E-state index is 11.9. The molecule has 3 rings (SSSR count). The van der Waals surface area contributed by atoms with E-state index < -0.39 is 0 Å². The Morgan fingerprint density at radius 2 is 2.33 bits per heavy atom. The zero-order valence-corrected chi connectivity index (χ0v) is 12.6. The van der Waals surface area contributed by atoms with E-state index in [9.17, 15) is 4.79 Å². The first-order valence-corrected chi connectivity index (χ1v) is 7.20. The summed E-state index contributed by atoms with van der Waals surface area (Å²) in [4.78, 5) is 11.9. The maximum Gasteiger partial charge on any atom is 0.309 e. The number of ether oxygens (including phenoxy) is 2. The van der Waals surface area contributed by atoms with Crippen molar-refractivity contribution in [2.45, 2.75) is 18.8 Å². The smallest absolute Gasteiger partial charge is 0.309 e. The van der Waals surface area contributed by atoms with Crippen LogP contribution in [0.15, 0.2) is 18.2 Å². The molecule has 1 heterocycles. The fraction of sp³-hybridized carbons (Fsp3) is 0.500. The topological polar surface area (TPSA) is 35.5 Å². The van der Waals surface area contributed by atoms with Crippen molar-refractivity contribution in [3.63, 3.8) is 0 Å². The monoisotopic (exact) mass is 358 g/mol. The molecule has 1 unspecified atom stereocenters. The minimum Gasteiger partial charge on any atom is -0.493 e. The number of carbonyl (C=O) groups is 1. The molecule has 3 atom stereocenters. The second kappa shape index (κ2) is 4.11. The van der Waals surface area contributed by atoms with Gasteiger partial charge in [-0.1, -0.05) is 6.92 Å². The van der Waals surface area contributed by atoms with Gasteiger partial charge in [0.25, 0.3) is 0 Å². The van der Waals surface area contributed by atoms with Crippen LogP contribution in [-0.2, 0) is 14.9 Å². The molecule has 18 heavy (non-hydrogen) atoms. The van der Waals surface area contributed by atoms with Gasteiger partial charge < -0.3 is 9.47 Å². The Labute approximate surface area is 120 Å². The Morgan fingerprint density at radius 3 is 3.06 bits per heavy atom. The van der Waals surface area contributed by atoms with Gasteiger partial charge in [-0.15, -0.1) is 0 Å². The van der Waals surface area contributed by atoms with E-state index >= 15 is 0 Å². The molecular weight excluding hydrogens is 343 g/mol. The van der Waals surface area contributed by atoms with Gasteiger partial charge >= 0.3 is 5.97 Å². The summed E-state index contributed by atoms with van der Waals surface area (Å²) in [5.41, 5.74) is 1.13. The van der Waals surface area contributed by atoms with Crippen LogP contribution in [0.2, 0.25) is 0 Å². The predicted octanol–water partition coefficient (Wildman–Crippen LogP) is 2.75. The summed E-state index contributed by atoms with van der Waals surface area (Å²) < 4.78 is 11.8. The van der Waals surface area contributed by atoms with Gasteiger partial charge in [-0.25, -0.2) is 0 Å². The highest BCUT2D eigenvalue weighted by Crippen LogP contribution is 2.65. The van der Waals surface area contributed by atoms with Gasteiger partial charge in [0.05, 0.1) is 19.6 Å². The third-order valence-electron chi connectivity index (χ3n) is 4.43. The highest BCUT2D eigenvalue weighted by atomic mass is 127. The lowest BCUT2D eigenvalue weighted by atomic mass is 9.86. The van der Waals surface area contributed by atoms with E-state index in [4.69, 9.17) is 9.47 Å². The van der Waals surface area contributed by atoms with Gasteiger partial charge in [-0.05, 0) is 53.1 Å². The maximum atomic E-state index is 11.9. The number of hydrogen-bond acceptors (Lipinski definition) is 3. The van der Waals surface area contributed by atoms with E-state index in [-0.39, 0.29) is 17.3 Å². The molecule has 1 fully saturated rings. The quantitative estimate of drug-likeness (QED) is 0.572. The highest BCUT2D eigenvalue weighted by molar-refractivity contribution is 14.1. The Morgan fingerprint density at radius 1 is 1.56 bits per heavy atom. The largest absolute Gasteiger partial charge is 0.493 e. The van der Waals surface area contributed by atoms with Crippen molar-refractivity contribution in [3.8, 4) is 5.75 Å². The summed E-state index contributed by atoms with van der Waals surface area (Å²) in [5.74, 6) is 1.17. The molecular formula is C14H15IO3. The van der Waals surface area contributed by atoms with E-state index in [0.717, 1.165) is 12.2 Å². The SMILES string of the molecule is COC(=O)C1[C@H](C)[C@]12CCOc1ccc(I)cc12. The first-order valence-electron chi connectivity index (χ1n) is 6.12. The van der Waals surface area contributed by atoms with E-state index in [1.807, 2.05) is 12.1 Å². The Hall–Kier alpha value is -0.780. The molecule has 1 spiro atoms. The molecule has 0 saturated heterocycles. The average Bonchev–Trinajstić information content (AvgIpc) is 2.95. The summed E-state index contributed by atoms with van der Waals surface area (Å²) in [6.45, 7) is 2.82. The lowest BCUT2D eigenvalue weighted by Gasteiger charge is -2.27. The van der Waals surface area contributed by atoms with Gasteiger partial charge in [0.1, 0.15) is 5.75 Å². The standard InChI is InChI=1S/C14H15IO3/c1-8-12(13(16)17-2)14(8)5-6-18-11-4-3-9(15)7-10(11)14/h3-4,7-8,12H,5-6H2,1-2H3/t8-,12?,14-/m0/s1. The van der Waals surface area contributed by atoms with Crippen LogP contribution in [0.25, 0.3) is 0 Å².